The fourth-order valence-electron chi connectivity index (χ4n) is 13.6. The van der Waals surface area contributed by atoms with Gasteiger partial charge in [0.25, 0.3) is 0 Å². The first kappa shape index (κ1) is 35.6. The van der Waals surface area contributed by atoms with Crippen molar-refractivity contribution in [2.45, 2.75) is 43.9 Å². The molecular formula is C61H45NSi. The molecule has 298 valence electrons. The third-order valence-electron chi connectivity index (χ3n) is 16.1. The molecule has 0 radical (unpaired) electrons. The average molecular weight is 820 g/mol. The maximum Gasteiger partial charge on any atom is 0.182 e. The molecule has 2 spiro atoms. The second-order valence-electron chi connectivity index (χ2n) is 19.5. The molecule has 0 aromatic heterocycles. The van der Waals surface area contributed by atoms with Crippen molar-refractivity contribution in [3.05, 3.63) is 245 Å². The molecule has 2 heteroatoms. The summed E-state index contributed by atoms with van der Waals surface area (Å²) in [5.74, 6) is 0. The lowest BCUT2D eigenvalue weighted by molar-refractivity contribution is 0.555. The Balaban J connectivity index is 1.12. The summed E-state index contributed by atoms with van der Waals surface area (Å²) in [5.41, 5.74) is 22.0. The summed E-state index contributed by atoms with van der Waals surface area (Å²) in [5, 5.41) is 5.99. The first-order chi connectivity index (χ1) is 30.8. The standard InChI is InChI=1S/C61H45NSi/c1-59(2)45-23-9-5-19-39(45)44-36-54-52(37-51(44)59)61(48-26-12-10-24-46(48)60(3,4)47-25-11-13-27-49(47)61)50-28-14-15-29-53(50)62(54)38-33-34-43-42-22-8-18-32-57(42)63(58(43)35-38)55-30-16-6-20-40(55)41-21-7-17-31-56(41)63/h5-37H,1-4H3. The Kier molecular flexibility index (Phi) is 6.73. The van der Waals surface area contributed by atoms with E-state index >= 15 is 0 Å². The van der Waals surface area contributed by atoms with Gasteiger partial charge < -0.3 is 4.90 Å². The highest BCUT2D eigenvalue weighted by atomic mass is 28.3. The van der Waals surface area contributed by atoms with Crippen LogP contribution in [0.1, 0.15) is 72.2 Å². The Bertz CT molecular complexity index is 3380. The molecule has 0 fully saturated rings. The predicted molar refractivity (Wildman–Crippen MR) is 264 cm³/mol. The van der Waals surface area contributed by atoms with Crippen LogP contribution in [-0.4, -0.2) is 8.07 Å². The van der Waals surface area contributed by atoms with Gasteiger partial charge in [0.1, 0.15) is 0 Å². The van der Waals surface area contributed by atoms with Crippen LogP contribution in [0, 0.1) is 0 Å². The number of hydrogen-bond acceptors (Lipinski definition) is 1. The molecule has 0 saturated heterocycles. The van der Waals surface area contributed by atoms with Crippen molar-refractivity contribution < 1.29 is 0 Å². The fraction of sp³-hybridized carbons (Fsp3) is 0.115. The fourth-order valence-corrected chi connectivity index (χ4v) is 19.2. The van der Waals surface area contributed by atoms with Crippen LogP contribution in [0.15, 0.2) is 200 Å². The van der Waals surface area contributed by atoms with E-state index in [0.717, 1.165) is 0 Å². The van der Waals surface area contributed by atoms with Gasteiger partial charge in [-0.3, -0.25) is 0 Å². The summed E-state index contributed by atoms with van der Waals surface area (Å²) in [4.78, 5) is 2.65. The predicted octanol–water partition coefficient (Wildman–Crippen LogP) is 12.1. The molecule has 0 bridgehead atoms. The minimum Gasteiger partial charge on any atom is -0.310 e. The maximum absolute atomic E-state index is 2.69. The minimum absolute atomic E-state index is 0.169. The number of anilines is 3. The van der Waals surface area contributed by atoms with Crippen molar-refractivity contribution in [1.82, 2.24) is 0 Å². The van der Waals surface area contributed by atoms with E-state index < -0.39 is 13.5 Å². The molecule has 14 rings (SSSR count). The molecule has 5 aliphatic rings. The third kappa shape index (κ3) is 4.06. The number of nitrogens with zero attached hydrogens (tertiary/aromatic N) is 1. The minimum atomic E-state index is -2.69. The van der Waals surface area contributed by atoms with Gasteiger partial charge >= 0.3 is 0 Å². The van der Waals surface area contributed by atoms with Gasteiger partial charge in [0.05, 0.1) is 16.8 Å². The van der Waals surface area contributed by atoms with E-state index in [1.54, 1.807) is 0 Å². The van der Waals surface area contributed by atoms with Crippen molar-refractivity contribution in [3.63, 3.8) is 0 Å². The molecule has 0 amide bonds. The van der Waals surface area contributed by atoms with Gasteiger partial charge in [0.15, 0.2) is 8.07 Å². The number of benzene rings is 9. The Hall–Kier alpha value is -7.00. The van der Waals surface area contributed by atoms with E-state index in [2.05, 4.69) is 233 Å². The van der Waals surface area contributed by atoms with Crippen LogP contribution in [-0.2, 0) is 16.2 Å². The van der Waals surface area contributed by atoms with Crippen molar-refractivity contribution in [3.8, 4) is 33.4 Å². The number of hydrogen-bond donors (Lipinski definition) is 0. The van der Waals surface area contributed by atoms with Crippen LogP contribution in [0.5, 0.6) is 0 Å². The van der Waals surface area contributed by atoms with Gasteiger partial charge in [-0.2, -0.15) is 0 Å². The lowest BCUT2D eigenvalue weighted by atomic mass is 9.53. The number of fused-ring (bicyclic) bond motifs is 21. The van der Waals surface area contributed by atoms with Crippen molar-refractivity contribution in [1.29, 1.82) is 0 Å². The lowest BCUT2D eigenvalue weighted by Crippen LogP contribution is -2.70. The summed E-state index contributed by atoms with van der Waals surface area (Å²) in [6, 6.07) is 77.8. The Morgan fingerprint density at radius 1 is 0.302 bits per heavy atom. The zero-order valence-electron chi connectivity index (χ0n) is 36.0. The van der Waals surface area contributed by atoms with Crippen LogP contribution in [0.2, 0.25) is 0 Å². The summed E-state index contributed by atoms with van der Waals surface area (Å²) in [6.45, 7) is 9.69. The monoisotopic (exact) mass is 819 g/mol. The number of rotatable bonds is 1. The lowest BCUT2D eigenvalue weighted by Gasteiger charge is -2.52. The molecule has 63 heavy (non-hydrogen) atoms. The highest BCUT2D eigenvalue weighted by Gasteiger charge is 2.56. The van der Waals surface area contributed by atoms with Gasteiger partial charge in [-0.05, 0) is 123 Å². The summed E-state index contributed by atoms with van der Waals surface area (Å²) >= 11 is 0. The molecule has 1 nitrogen and oxygen atoms in total. The van der Waals surface area contributed by atoms with E-state index in [-0.39, 0.29) is 10.8 Å². The second kappa shape index (κ2) is 11.9. The van der Waals surface area contributed by atoms with E-state index in [1.165, 1.54) is 116 Å². The van der Waals surface area contributed by atoms with E-state index in [0.29, 0.717) is 0 Å². The molecule has 0 N–H and O–H groups in total. The van der Waals surface area contributed by atoms with Crippen molar-refractivity contribution >= 4 is 45.9 Å². The Morgan fingerprint density at radius 3 is 1.33 bits per heavy atom. The van der Waals surface area contributed by atoms with E-state index in [9.17, 15) is 0 Å². The highest BCUT2D eigenvalue weighted by Crippen LogP contribution is 2.65. The van der Waals surface area contributed by atoms with Crippen LogP contribution in [0.3, 0.4) is 0 Å². The van der Waals surface area contributed by atoms with Gasteiger partial charge in [-0.15, -0.1) is 0 Å². The largest absolute Gasteiger partial charge is 0.310 e. The second-order valence-corrected chi connectivity index (χ2v) is 23.2. The zero-order valence-corrected chi connectivity index (χ0v) is 37.0. The maximum atomic E-state index is 2.65. The Morgan fingerprint density at radius 2 is 0.746 bits per heavy atom. The molecule has 0 saturated carbocycles. The SMILES string of the molecule is CC1(C)c2ccccc2-c2cc3c(cc21)C1(c2ccccc2N3c2ccc3c(c2)[Si]2(c4ccccc4-c4ccccc42)c2ccccc2-3)c2ccccc2C(C)(C)c2ccccc21. The summed E-state index contributed by atoms with van der Waals surface area (Å²) < 4.78 is 0. The van der Waals surface area contributed by atoms with Crippen molar-refractivity contribution in [2.75, 3.05) is 4.90 Å². The Labute approximate surface area is 371 Å². The first-order valence-corrected chi connectivity index (χ1v) is 24.6. The van der Waals surface area contributed by atoms with Gasteiger partial charge in [-0.1, -0.05) is 204 Å². The van der Waals surface area contributed by atoms with Gasteiger partial charge in [0, 0.05) is 16.5 Å². The normalized spacial score (nSPS) is 17.0. The van der Waals surface area contributed by atoms with E-state index in [1.807, 2.05) is 0 Å². The summed E-state index contributed by atoms with van der Waals surface area (Å²) in [6.07, 6.45) is 0. The van der Waals surface area contributed by atoms with Gasteiger partial charge in [0.2, 0.25) is 0 Å². The van der Waals surface area contributed by atoms with Crippen LogP contribution < -0.4 is 25.6 Å². The molecule has 0 unspecified atom stereocenters. The van der Waals surface area contributed by atoms with Crippen LogP contribution in [0.4, 0.5) is 17.1 Å². The van der Waals surface area contributed by atoms with Gasteiger partial charge in [-0.25, -0.2) is 0 Å². The topological polar surface area (TPSA) is 3.24 Å². The van der Waals surface area contributed by atoms with Crippen molar-refractivity contribution in [2.24, 2.45) is 0 Å². The summed E-state index contributed by atoms with van der Waals surface area (Å²) in [7, 11) is -2.69. The van der Waals surface area contributed by atoms with Crippen LogP contribution >= 0.6 is 0 Å². The highest BCUT2D eigenvalue weighted by molar-refractivity contribution is 7.24. The smallest absolute Gasteiger partial charge is 0.182 e. The quantitative estimate of drug-likeness (QED) is 0.149. The first-order valence-electron chi connectivity index (χ1n) is 22.6. The average Bonchev–Trinajstić information content (AvgIpc) is 3.88. The third-order valence-corrected chi connectivity index (χ3v) is 21.1. The molecule has 9 aromatic carbocycles. The molecular weight excluding hydrogens is 775 g/mol. The molecule has 3 heterocycles. The molecule has 9 aromatic rings. The zero-order chi connectivity index (χ0) is 42.0. The van der Waals surface area contributed by atoms with E-state index in [4.69, 9.17) is 0 Å². The number of para-hydroxylation sites is 1. The molecule has 0 atom stereocenters. The van der Waals surface area contributed by atoms with Crippen LogP contribution in [0.25, 0.3) is 33.4 Å². The molecule has 2 aliphatic carbocycles. The molecule has 3 aliphatic heterocycles.